The summed E-state index contributed by atoms with van der Waals surface area (Å²) >= 11 is 0. The van der Waals surface area contributed by atoms with E-state index < -0.39 is 23.5 Å². The van der Waals surface area contributed by atoms with Crippen molar-refractivity contribution in [2.24, 2.45) is 0 Å². The third-order valence-corrected chi connectivity index (χ3v) is 3.06. The van der Waals surface area contributed by atoms with Crippen LogP contribution in [0, 0.1) is 5.82 Å². The van der Waals surface area contributed by atoms with Crippen LogP contribution >= 0.6 is 0 Å². The van der Waals surface area contributed by atoms with Crippen LogP contribution in [0.4, 0.5) is 17.6 Å². The molecule has 0 fully saturated rings. The molecule has 104 valence electrons. The van der Waals surface area contributed by atoms with Crippen molar-refractivity contribution in [3.8, 4) is 0 Å². The van der Waals surface area contributed by atoms with Crippen LogP contribution < -0.4 is 0 Å². The van der Waals surface area contributed by atoms with E-state index in [2.05, 4.69) is 6.58 Å². The lowest BCUT2D eigenvalue weighted by Gasteiger charge is -2.17. The number of hydrogen-bond donors (Lipinski definition) is 0. The van der Waals surface area contributed by atoms with Gasteiger partial charge in [-0.3, -0.25) is 0 Å². The fourth-order valence-electron chi connectivity index (χ4n) is 2.11. The van der Waals surface area contributed by atoms with Gasteiger partial charge in [-0.25, -0.2) is 4.39 Å². The fraction of sp³-hybridized carbons (Fsp3) is 0.125. The van der Waals surface area contributed by atoms with E-state index in [4.69, 9.17) is 0 Å². The summed E-state index contributed by atoms with van der Waals surface area (Å²) in [7, 11) is 0. The summed E-state index contributed by atoms with van der Waals surface area (Å²) in [5, 5.41) is 0. The van der Waals surface area contributed by atoms with Crippen LogP contribution in [0.3, 0.4) is 0 Å². The molecule has 0 amide bonds. The third-order valence-electron chi connectivity index (χ3n) is 3.06. The van der Waals surface area contributed by atoms with Crippen LogP contribution in [0.1, 0.15) is 22.6 Å². The van der Waals surface area contributed by atoms with Crippen molar-refractivity contribution < 1.29 is 17.6 Å². The summed E-state index contributed by atoms with van der Waals surface area (Å²) < 4.78 is 52.3. The average molecular weight is 280 g/mol. The molecule has 0 nitrogen and oxygen atoms in total. The number of halogens is 4. The number of alkyl halides is 3. The molecule has 0 aliphatic carbocycles. The monoisotopic (exact) mass is 280 g/mol. The molecule has 20 heavy (non-hydrogen) atoms. The molecule has 0 heterocycles. The summed E-state index contributed by atoms with van der Waals surface area (Å²) in [5.74, 6) is -1.85. The molecular formula is C16H12F4. The first-order valence-electron chi connectivity index (χ1n) is 5.98. The van der Waals surface area contributed by atoms with Crippen molar-refractivity contribution in [2.75, 3.05) is 0 Å². The molecule has 4 heteroatoms. The second-order valence-electron chi connectivity index (χ2n) is 4.33. The Morgan fingerprint density at radius 3 is 2.15 bits per heavy atom. The zero-order chi connectivity index (χ0) is 14.8. The van der Waals surface area contributed by atoms with E-state index in [0.29, 0.717) is 5.56 Å². The Balaban J connectivity index is 2.55. The van der Waals surface area contributed by atoms with Gasteiger partial charge in [-0.05, 0) is 17.2 Å². The van der Waals surface area contributed by atoms with Crippen molar-refractivity contribution in [2.45, 2.75) is 12.1 Å². The molecule has 2 rings (SSSR count). The Kier molecular flexibility index (Phi) is 3.93. The van der Waals surface area contributed by atoms with Gasteiger partial charge in [0.15, 0.2) is 0 Å². The summed E-state index contributed by atoms with van der Waals surface area (Å²) in [5.41, 5.74) is -0.584. The molecule has 0 spiro atoms. The van der Waals surface area contributed by atoms with E-state index in [1.165, 1.54) is 18.2 Å². The normalized spacial score (nSPS) is 13.0. The molecule has 2 aromatic rings. The highest BCUT2D eigenvalue weighted by molar-refractivity contribution is 5.40. The summed E-state index contributed by atoms with van der Waals surface area (Å²) in [6.45, 7) is 3.60. The molecule has 0 bridgehead atoms. The highest BCUT2D eigenvalue weighted by Crippen LogP contribution is 2.36. The quantitative estimate of drug-likeness (QED) is 0.538. The van der Waals surface area contributed by atoms with Crippen LogP contribution in [0.25, 0.3) is 0 Å². The van der Waals surface area contributed by atoms with Gasteiger partial charge in [-0.1, -0.05) is 48.5 Å². The molecule has 1 atom stereocenters. The van der Waals surface area contributed by atoms with Gasteiger partial charge in [0.2, 0.25) is 0 Å². The standard InChI is InChI=1S/C16H12F4/c1-2-12(11-7-4-3-5-8-11)13-9-6-10-14(15(13)17)16(18,19)20/h2-10,12H,1H2. The first-order valence-corrected chi connectivity index (χ1v) is 5.98. The number of hydrogen-bond acceptors (Lipinski definition) is 0. The fourth-order valence-corrected chi connectivity index (χ4v) is 2.11. The molecule has 0 aliphatic heterocycles. The van der Waals surface area contributed by atoms with Gasteiger partial charge < -0.3 is 0 Å². The zero-order valence-electron chi connectivity index (χ0n) is 10.5. The number of allylic oxidation sites excluding steroid dienone is 1. The van der Waals surface area contributed by atoms with Crippen molar-refractivity contribution >= 4 is 0 Å². The minimum atomic E-state index is -4.71. The van der Waals surface area contributed by atoms with E-state index in [9.17, 15) is 17.6 Å². The van der Waals surface area contributed by atoms with Crippen LogP contribution in [0.15, 0.2) is 61.2 Å². The molecule has 2 aromatic carbocycles. The zero-order valence-corrected chi connectivity index (χ0v) is 10.5. The lowest BCUT2D eigenvalue weighted by atomic mass is 9.90. The van der Waals surface area contributed by atoms with Crippen LogP contribution in [-0.4, -0.2) is 0 Å². The minimum absolute atomic E-state index is 0.0268. The van der Waals surface area contributed by atoms with E-state index >= 15 is 0 Å². The maximum Gasteiger partial charge on any atom is 0.419 e. The third kappa shape index (κ3) is 2.74. The number of rotatable bonds is 3. The van der Waals surface area contributed by atoms with Gasteiger partial charge in [-0.15, -0.1) is 6.58 Å². The molecule has 0 N–H and O–H groups in total. The van der Waals surface area contributed by atoms with Gasteiger partial charge in [0.25, 0.3) is 0 Å². The average Bonchev–Trinajstić information content (AvgIpc) is 2.41. The van der Waals surface area contributed by atoms with Crippen LogP contribution in [-0.2, 0) is 6.18 Å². The highest BCUT2D eigenvalue weighted by Gasteiger charge is 2.35. The Morgan fingerprint density at radius 1 is 0.950 bits per heavy atom. The van der Waals surface area contributed by atoms with Gasteiger partial charge in [-0.2, -0.15) is 13.2 Å². The smallest absolute Gasteiger partial charge is 0.206 e. The summed E-state index contributed by atoms with van der Waals surface area (Å²) in [4.78, 5) is 0. The summed E-state index contributed by atoms with van der Waals surface area (Å²) in [6, 6.07) is 12.0. The Labute approximate surface area is 114 Å². The predicted molar refractivity (Wildman–Crippen MR) is 69.9 cm³/mol. The van der Waals surface area contributed by atoms with Gasteiger partial charge in [0, 0.05) is 5.92 Å². The van der Waals surface area contributed by atoms with Crippen molar-refractivity contribution in [1.82, 2.24) is 0 Å². The molecule has 0 radical (unpaired) electrons. The van der Waals surface area contributed by atoms with Crippen LogP contribution in [0.5, 0.6) is 0 Å². The van der Waals surface area contributed by atoms with E-state index in [0.717, 1.165) is 6.07 Å². The van der Waals surface area contributed by atoms with Crippen molar-refractivity contribution in [3.05, 3.63) is 83.7 Å². The first kappa shape index (κ1) is 14.3. The maximum atomic E-state index is 14.1. The number of benzene rings is 2. The minimum Gasteiger partial charge on any atom is -0.206 e. The van der Waals surface area contributed by atoms with E-state index in [1.54, 1.807) is 30.3 Å². The molecule has 0 aliphatic rings. The lowest BCUT2D eigenvalue weighted by Crippen LogP contribution is -2.11. The molecular weight excluding hydrogens is 268 g/mol. The Bertz CT molecular complexity index is 600. The van der Waals surface area contributed by atoms with Crippen molar-refractivity contribution in [1.29, 1.82) is 0 Å². The topological polar surface area (TPSA) is 0 Å². The summed E-state index contributed by atoms with van der Waals surface area (Å²) in [6.07, 6.45) is -3.27. The van der Waals surface area contributed by atoms with Gasteiger partial charge >= 0.3 is 6.18 Å². The van der Waals surface area contributed by atoms with E-state index in [1.807, 2.05) is 0 Å². The van der Waals surface area contributed by atoms with Crippen LogP contribution in [0.2, 0.25) is 0 Å². The maximum absolute atomic E-state index is 14.1. The largest absolute Gasteiger partial charge is 0.419 e. The first-order chi connectivity index (χ1) is 9.45. The SMILES string of the molecule is C=CC(c1ccccc1)c1cccc(C(F)(F)F)c1F. The predicted octanol–water partition coefficient (Wildman–Crippen LogP) is 5.16. The second kappa shape index (κ2) is 5.49. The van der Waals surface area contributed by atoms with Gasteiger partial charge in [0.05, 0.1) is 5.56 Å². The molecule has 0 saturated heterocycles. The Morgan fingerprint density at radius 2 is 1.60 bits per heavy atom. The van der Waals surface area contributed by atoms with E-state index in [-0.39, 0.29) is 5.56 Å². The highest BCUT2D eigenvalue weighted by atomic mass is 19.4. The second-order valence-corrected chi connectivity index (χ2v) is 4.33. The Hall–Kier alpha value is -2.10. The molecule has 0 saturated carbocycles. The molecule has 1 unspecified atom stereocenters. The molecule has 0 aromatic heterocycles. The lowest BCUT2D eigenvalue weighted by molar-refractivity contribution is -0.140. The van der Waals surface area contributed by atoms with Crippen molar-refractivity contribution in [3.63, 3.8) is 0 Å². The van der Waals surface area contributed by atoms with Gasteiger partial charge in [0.1, 0.15) is 5.82 Å².